The van der Waals surface area contributed by atoms with Gasteiger partial charge in [0, 0.05) is 11.3 Å². The molecule has 1 aliphatic rings. The molecule has 1 aromatic rings. The molecule has 0 bridgehead atoms. The summed E-state index contributed by atoms with van der Waals surface area (Å²) in [6, 6.07) is 0.0287. The third-order valence-corrected chi connectivity index (χ3v) is 4.38. The molecule has 5 nitrogen and oxygen atoms in total. The smallest absolute Gasteiger partial charge is 0.312 e. The second-order valence-electron chi connectivity index (χ2n) is 5.69. The molecule has 5 heteroatoms. The average molecular weight is 280 g/mol. The van der Waals surface area contributed by atoms with Crippen molar-refractivity contribution in [3.8, 4) is 0 Å². The van der Waals surface area contributed by atoms with E-state index < -0.39 is 0 Å². The molecule has 1 heterocycles. The Balaban J connectivity index is 2.35. The fourth-order valence-electron chi connectivity index (χ4n) is 3.30. The Kier molecular flexibility index (Phi) is 4.48. The highest BCUT2D eigenvalue weighted by molar-refractivity contribution is 5.78. The molecule has 1 aliphatic carbocycles. The first-order valence-corrected chi connectivity index (χ1v) is 7.28. The molecular formula is C15H24N2O3. The normalized spacial score (nSPS) is 24.4. The zero-order valence-corrected chi connectivity index (χ0v) is 12.7. The van der Waals surface area contributed by atoms with Crippen LogP contribution in [0.25, 0.3) is 0 Å². The first-order chi connectivity index (χ1) is 9.47. The Morgan fingerprint density at radius 3 is 2.65 bits per heavy atom. The van der Waals surface area contributed by atoms with E-state index >= 15 is 0 Å². The summed E-state index contributed by atoms with van der Waals surface area (Å²) in [7, 11) is 1.40. The summed E-state index contributed by atoms with van der Waals surface area (Å²) >= 11 is 0. The van der Waals surface area contributed by atoms with Crippen LogP contribution in [0.4, 0.5) is 0 Å². The van der Waals surface area contributed by atoms with Crippen molar-refractivity contribution in [3.05, 3.63) is 17.0 Å². The van der Waals surface area contributed by atoms with Crippen molar-refractivity contribution in [2.24, 2.45) is 0 Å². The number of aliphatic hydroxyl groups is 1. The maximum Gasteiger partial charge on any atom is 0.312 e. The van der Waals surface area contributed by atoms with Crippen molar-refractivity contribution < 1.29 is 14.6 Å². The van der Waals surface area contributed by atoms with Gasteiger partial charge in [-0.05, 0) is 33.6 Å². The predicted octanol–water partition coefficient (Wildman–Crippen LogP) is 2.25. The molecule has 3 unspecified atom stereocenters. The minimum absolute atomic E-state index is 0.0287. The van der Waals surface area contributed by atoms with Crippen LogP contribution < -0.4 is 0 Å². The lowest BCUT2D eigenvalue weighted by molar-refractivity contribution is -0.142. The number of aromatic nitrogens is 2. The van der Waals surface area contributed by atoms with Gasteiger partial charge in [-0.15, -0.1) is 0 Å². The highest BCUT2D eigenvalue weighted by atomic mass is 16.5. The van der Waals surface area contributed by atoms with Crippen LogP contribution in [0.1, 0.15) is 61.5 Å². The molecule has 20 heavy (non-hydrogen) atoms. The van der Waals surface area contributed by atoms with Crippen molar-refractivity contribution >= 4 is 5.97 Å². The van der Waals surface area contributed by atoms with Crippen LogP contribution in [-0.2, 0) is 9.53 Å². The van der Waals surface area contributed by atoms with Gasteiger partial charge in [-0.3, -0.25) is 9.48 Å². The summed E-state index contributed by atoms with van der Waals surface area (Å²) in [5.41, 5.74) is 2.74. The second kappa shape index (κ2) is 5.95. The zero-order valence-electron chi connectivity index (χ0n) is 12.7. The van der Waals surface area contributed by atoms with Gasteiger partial charge in [-0.1, -0.05) is 12.8 Å². The molecule has 0 amide bonds. The SMILES string of the molecule is COC(=O)C(C)c1c(C)nn(C2CCCCC2O)c1C. The highest BCUT2D eigenvalue weighted by Gasteiger charge is 2.30. The molecule has 1 saturated carbocycles. The summed E-state index contributed by atoms with van der Waals surface area (Å²) in [4.78, 5) is 11.8. The lowest BCUT2D eigenvalue weighted by atomic mass is 9.92. The van der Waals surface area contributed by atoms with E-state index in [1.54, 1.807) is 0 Å². The molecular weight excluding hydrogens is 256 g/mol. The van der Waals surface area contributed by atoms with Crippen LogP contribution in [0.2, 0.25) is 0 Å². The number of hydrogen-bond donors (Lipinski definition) is 1. The van der Waals surface area contributed by atoms with E-state index in [1.807, 2.05) is 25.5 Å². The van der Waals surface area contributed by atoms with Gasteiger partial charge in [0.2, 0.25) is 0 Å². The topological polar surface area (TPSA) is 64.3 Å². The van der Waals surface area contributed by atoms with E-state index in [4.69, 9.17) is 4.74 Å². The summed E-state index contributed by atoms with van der Waals surface area (Å²) in [5, 5.41) is 14.8. The van der Waals surface area contributed by atoms with Gasteiger partial charge in [0.15, 0.2) is 0 Å². The highest BCUT2D eigenvalue weighted by Crippen LogP contribution is 2.33. The molecule has 2 rings (SSSR count). The van der Waals surface area contributed by atoms with Crippen LogP contribution in [0, 0.1) is 13.8 Å². The number of carbonyl (C=O) groups is 1. The summed E-state index contributed by atoms with van der Waals surface area (Å²) < 4.78 is 6.74. The Labute approximate surface area is 119 Å². The number of aryl methyl sites for hydroxylation is 1. The van der Waals surface area contributed by atoms with Crippen LogP contribution in [-0.4, -0.2) is 34.1 Å². The number of esters is 1. The Morgan fingerprint density at radius 1 is 1.40 bits per heavy atom. The molecule has 0 saturated heterocycles. The number of ether oxygens (including phenoxy) is 1. The predicted molar refractivity (Wildman–Crippen MR) is 75.6 cm³/mol. The zero-order chi connectivity index (χ0) is 14.9. The van der Waals surface area contributed by atoms with Crippen molar-refractivity contribution in [2.45, 2.75) is 64.5 Å². The summed E-state index contributed by atoms with van der Waals surface area (Å²) in [6.45, 7) is 5.72. The summed E-state index contributed by atoms with van der Waals surface area (Å²) in [6.07, 6.45) is 3.60. The van der Waals surface area contributed by atoms with Gasteiger partial charge in [0.05, 0.1) is 30.9 Å². The first kappa shape index (κ1) is 15.0. The molecule has 1 N–H and O–H groups in total. The Morgan fingerprint density at radius 2 is 2.05 bits per heavy atom. The molecule has 0 spiro atoms. The van der Waals surface area contributed by atoms with Crippen molar-refractivity contribution in [1.29, 1.82) is 0 Å². The second-order valence-corrected chi connectivity index (χ2v) is 5.69. The Bertz CT molecular complexity index is 496. The van der Waals surface area contributed by atoms with Gasteiger partial charge in [0.25, 0.3) is 0 Å². The molecule has 0 radical (unpaired) electrons. The largest absolute Gasteiger partial charge is 0.469 e. The van der Waals surface area contributed by atoms with Gasteiger partial charge in [-0.2, -0.15) is 5.10 Å². The van der Waals surface area contributed by atoms with E-state index in [9.17, 15) is 9.90 Å². The van der Waals surface area contributed by atoms with Crippen molar-refractivity contribution in [3.63, 3.8) is 0 Å². The molecule has 0 aliphatic heterocycles. The molecule has 112 valence electrons. The van der Waals surface area contributed by atoms with Gasteiger partial charge in [-0.25, -0.2) is 0 Å². The minimum atomic E-state index is -0.344. The number of nitrogens with zero attached hydrogens (tertiary/aromatic N) is 2. The van der Waals surface area contributed by atoms with E-state index in [0.29, 0.717) is 0 Å². The number of carbonyl (C=O) groups excluding carboxylic acids is 1. The maximum atomic E-state index is 11.8. The summed E-state index contributed by atoms with van der Waals surface area (Å²) in [5.74, 6) is -0.575. The van der Waals surface area contributed by atoms with E-state index in [1.165, 1.54) is 7.11 Å². The van der Waals surface area contributed by atoms with Crippen molar-refractivity contribution in [2.75, 3.05) is 7.11 Å². The first-order valence-electron chi connectivity index (χ1n) is 7.28. The quantitative estimate of drug-likeness (QED) is 0.863. The van der Waals surface area contributed by atoms with E-state index in [0.717, 1.165) is 42.6 Å². The lowest BCUT2D eigenvalue weighted by Gasteiger charge is -2.29. The van der Waals surface area contributed by atoms with Gasteiger partial charge in [0.1, 0.15) is 0 Å². The number of methoxy groups -OCH3 is 1. The van der Waals surface area contributed by atoms with Gasteiger partial charge < -0.3 is 9.84 Å². The van der Waals surface area contributed by atoms with Crippen LogP contribution in [0.3, 0.4) is 0 Å². The number of aliphatic hydroxyl groups excluding tert-OH is 1. The third kappa shape index (κ3) is 2.59. The van der Waals surface area contributed by atoms with Crippen LogP contribution >= 0.6 is 0 Å². The van der Waals surface area contributed by atoms with Crippen LogP contribution in [0.15, 0.2) is 0 Å². The standard InChI is InChI=1S/C15H24N2O3/c1-9(15(19)20-4)14-10(2)16-17(11(14)3)12-7-5-6-8-13(12)18/h9,12-13,18H,5-8H2,1-4H3. The van der Waals surface area contributed by atoms with Gasteiger partial charge >= 0.3 is 5.97 Å². The number of hydrogen-bond acceptors (Lipinski definition) is 4. The fourth-order valence-corrected chi connectivity index (χ4v) is 3.30. The van der Waals surface area contributed by atoms with E-state index in [-0.39, 0.29) is 24.0 Å². The minimum Gasteiger partial charge on any atom is -0.469 e. The van der Waals surface area contributed by atoms with Crippen LogP contribution in [0.5, 0.6) is 0 Å². The molecule has 1 aromatic heterocycles. The number of rotatable bonds is 3. The monoisotopic (exact) mass is 280 g/mol. The third-order valence-electron chi connectivity index (χ3n) is 4.38. The average Bonchev–Trinajstić information content (AvgIpc) is 2.73. The Hall–Kier alpha value is -1.36. The molecule has 3 atom stereocenters. The lowest BCUT2D eigenvalue weighted by Crippen LogP contribution is -2.29. The van der Waals surface area contributed by atoms with Crippen molar-refractivity contribution in [1.82, 2.24) is 9.78 Å². The fraction of sp³-hybridized carbons (Fsp3) is 0.733. The molecule has 1 fully saturated rings. The maximum absolute atomic E-state index is 11.8. The van der Waals surface area contributed by atoms with E-state index in [2.05, 4.69) is 5.10 Å². The molecule has 0 aromatic carbocycles.